The number of nitrogens with one attached hydrogen (secondary N) is 2. The summed E-state index contributed by atoms with van der Waals surface area (Å²) in [7, 11) is 0. The van der Waals surface area contributed by atoms with Crippen LogP contribution < -0.4 is 10.6 Å². The molecule has 1 aromatic carbocycles. The molecule has 1 aromatic heterocycles. The summed E-state index contributed by atoms with van der Waals surface area (Å²) in [4.78, 5) is 18.4. The van der Waals surface area contributed by atoms with Crippen molar-refractivity contribution in [3.8, 4) is 0 Å². The highest BCUT2D eigenvalue weighted by Gasteiger charge is 2.13. The van der Waals surface area contributed by atoms with E-state index in [1.807, 2.05) is 24.3 Å². The van der Waals surface area contributed by atoms with Crippen LogP contribution in [0.5, 0.6) is 0 Å². The number of nitrogens with zero attached hydrogens (tertiary/aromatic N) is 2. The van der Waals surface area contributed by atoms with E-state index < -0.39 is 0 Å². The number of aromatic nitrogens is 1. The van der Waals surface area contributed by atoms with Crippen molar-refractivity contribution in [2.45, 2.75) is 19.6 Å². The zero-order valence-corrected chi connectivity index (χ0v) is 14.3. The van der Waals surface area contributed by atoms with Gasteiger partial charge in [0.1, 0.15) is 0 Å². The fourth-order valence-corrected chi connectivity index (χ4v) is 2.81. The Morgan fingerprint density at radius 2 is 1.68 bits per heavy atom. The highest BCUT2D eigenvalue weighted by molar-refractivity contribution is 5.73. The minimum Gasteiger partial charge on any atom is -0.379 e. The van der Waals surface area contributed by atoms with E-state index in [1.54, 1.807) is 12.4 Å². The molecule has 25 heavy (non-hydrogen) atoms. The van der Waals surface area contributed by atoms with Crippen LogP contribution in [0.25, 0.3) is 0 Å². The molecule has 1 aliphatic rings. The van der Waals surface area contributed by atoms with Crippen molar-refractivity contribution >= 4 is 6.03 Å². The number of carbonyl (C=O) groups is 1. The highest BCUT2D eigenvalue weighted by atomic mass is 16.5. The molecule has 3 rings (SSSR count). The Labute approximate surface area is 148 Å². The summed E-state index contributed by atoms with van der Waals surface area (Å²) in [5, 5.41) is 5.80. The van der Waals surface area contributed by atoms with Crippen LogP contribution >= 0.6 is 0 Å². The molecule has 0 atom stereocenters. The second kappa shape index (κ2) is 9.15. The summed E-state index contributed by atoms with van der Waals surface area (Å²) in [5.41, 5.74) is 3.42. The highest BCUT2D eigenvalue weighted by Crippen LogP contribution is 2.13. The fourth-order valence-electron chi connectivity index (χ4n) is 2.81. The van der Waals surface area contributed by atoms with Crippen LogP contribution in [0.2, 0.25) is 0 Å². The molecule has 132 valence electrons. The SMILES string of the molecule is O=C(NCc1ccncc1)NCc1ccccc1CN1CCOCC1. The number of hydrogen-bond acceptors (Lipinski definition) is 4. The second-order valence-electron chi connectivity index (χ2n) is 6.05. The number of pyridine rings is 1. The zero-order chi connectivity index (χ0) is 17.3. The van der Waals surface area contributed by atoms with E-state index in [4.69, 9.17) is 4.74 Å². The van der Waals surface area contributed by atoms with Gasteiger partial charge in [-0.15, -0.1) is 0 Å². The lowest BCUT2D eigenvalue weighted by atomic mass is 10.1. The van der Waals surface area contributed by atoms with Crippen molar-refractivity contribution in [1.29, 1.82) is 0 Å². The summed E-state index contributed by atoms with van der Waals surface area (Å²) in [5.74, 6) is 0. The maximum Gasteiger partial charge on any atom is 0.315 e. The topological polar surface area (TPSA) is 66.5 Å². The summed E-state index contributed by atoms with van der Waals surface area (Å²) < 4.78 is 5.40. The van der Waals surface area contributed by atoms with E-state index in [2.05, 4.69) is 32.7 Å². The Morgan fingerprint density at radius 1 is 1.00 bits per heavy atom. The van der Waals surface area contributed by atoms with E-state index in [0.717, 1.165) is 44.0 Å². The van der Waals surface area contributed by atoms with Crippen molar-refractivity contribution in [1.82, 2.24) is 20.5 Å². The molecule has 0 spiro atoms. The molecule has 2 amide bonds. The number of hydrogen-bond donors (Lipinski definition) is 2. The van der Waals surface area contributed by atoms with Crippen LogP contribution in [-0.4, -0.2) is 42.2 Å². The van der Waals surface area contributed by atoms with Crippen LogP contribution in [0.3, 0.4) is 0 Å². The molecule has 0 aliphatic carbocycles. The van der Waals surface area contributed by atoms with Gasteiger partial charge in [0.15, 0.2) is 0 Å². The first-order chi connectivity index (χ1) is 12.3. The Balaban J connectivity index is 1.49. The lowest BCUT2D eigenvalue weighted by Gasteiger charge is -2.27. The van der Waals surface area contributed by atoms with E-state index in [9.17, 15) is 4.79 Å². The van der Waals surface area contributed by atoms with Crippen LogP contribution in [0.15, 0.2) is 48.8 Å². The lowest BCUT2D eigenvalue weighted by molar-refractivity contribution is 0.0341. The number of carbonyl (C=O) groups excluding carboxylic acids is 1. The van der Waals surface area contributed by atoms with Crippen molar-refractivity contribution in [2.75, 3.05) is 26.3 Å². The number of amides is 2. The largest absolute Gasteiger partial charge is 0.379 e. The summed E-state index contributed by atoms with van der Waals surface area (Å²) in [6.45, 7) is 5.38. The molecule has 6 nitrogen and oxygen atoms in total. The predicted octanol–water partition coefficient (Wildman–Crippen LogP) is 1.91. The Kier molecular flexibility index (Phi) is 6.36. The Bertz CT molecular complexity index is 672. The third kappa shape index (κ3) is 5.55. The summed E-state index contributed by atoms with van der Waals surface area (Å²) >= 11 is 0. The average molecular weight is 340 g/mol. The fraction of sp³-hybridized carbons (Fsp3) is 0.368. The van der Waals surface area contributed by atoms with Gasteiger partial charge >= 0.3 is 6.03 Å². The van der Waals surface area contributed by atoms with Crippen molar-refractivity contribution in [3.63, 3.8) is 0 Å². The first-order valence-electron chi connectivity index (χ1n) is 8.59. The number of urea groups is 1. The second-order valence-corrected chi connectivity index (χ2v) is 6.05. The van der Waals surface area contributed by atoms with Gasteiger partial charge in [-0.1, -0.05) is 24.3 Å². The smallest absolute Gasteiger partial charge is 0.315 e. The first-order valence-corrected chi connectivity index (χ1v) is 8.59. The van der Waals surface area contributed by atoms with Crippen LogP contribution in [0, 0.1) is 0 Å². The van der Waals surface area contributed by atoms with Gasteiger partial charge in [-0.05, 0) is 28.8 Å². The molecule has 2 N–H and O–H groups in total. The third-order valence-corrected chi connectivity index (χ3v) is 4.26. The van der Waals surface area contributed by atoms with Crippen molar-refractivity contribution in [3.05, 3.63) is 65.5 Å². The molecule has 0 bridgehead atoms. The molecule has 0 saturated carbocycles. The Morgan fingerprint density at radius 3 is 2.44 bits per heavy atom. The molecule has 1 aliphatic heterocycles. The molecule has 1 saturated heterocycles. The minimum atomic E-state index is -0.169. The number of benzene rings is 1. The van der Waals surface area contributed by atoms with Crippen LogP contribution in [0.1, 0.15) is 16.7 Å². The third-order valence-electron chi connectivity index (χ3n) is 4.26. The van der Waals surface area contributed by atoms with Crippen LogP contribution in [0.4, 0.5) is 4.79 Å². The van der Waals surface area contributed by atoms with Gasteiger partial charge in [0.25, 0.3) is 0 Å². The molecule has 2 heterocycles. The van der Waals surface area contributed by atoms with Gasteiger partial charge in [0.05, 0.1) is 13.2 Å². The molecule has 0 radical (unpaired) electrons. The van der Waals surface area contributed by atoms with Gasteiger partial charge in [-0.2, -0.15) is 0 Å². The average Bonchev–Trinajstić information content (AvgIpc) is 2.67. The standard InChI is InChI=1S/C19H24N4O2/c24-19(21-13-16-5-7-20-8-6-16)22-14-17-3-1-2-4-18(17)15-23-9-11-25-12-10-23/h1-8H,9-15H2,(H2,21,22,24). The van der Waals surface area contributed by atoms with Gasteiger partial charge in [0.2, 0.25) is 0 Å². The number of rotatable bonds is 6. The number of morpholine rings is 1. The summed E-state index contributed by atoms with van der Waals surface area (Å²) in [6, 6.07) is 11.9. The molecular weight excluding hydrogens is 316 g/mol. The van der Waals surface area contributed by atoms with E-state index >= 15 is 0 Å². The van der Waals surface area contributed by atoms with Gasteiger partial charge in [-0.3, -0.25) is 9.88 Å². The zero-order valence-electron chi connectivity index (χ0n) is 14.3. The maximum absolute atomic E-state index is 12.0. The molecule has 1 fully saturated rings. The van der Waals surface area contributed by atoms with Gasteiger partial charge in [-0.25, -0.2) is 4.79 Å². The van der Waals surface area contributed by atoms with Gasteiger partial charge in [0, 0.05) is 45.1 Å². The maximum atomic E-state index is 12.0. The van der Waals surface area contributed by atoms with Crippen molar-refractivity contribution in [2.24, 2.45) is 0 Å². The Hall–Kier alpha value is -2.44. The predicted molar refractivity (Wildman–Crippen MR) is 95.9 cm³/mol. The summed E-state index contributed by atoms with van der Waals surface area (Å²) in [6.07, 6.45) is 3.44. The normalized spacial score (nSPS) is 14.9. The van der Waals surface area contributed by atoms with E-state index in [0.29, 0.717) is 13.1 Å². The molecule has 2 aromatic rings. The molecular formula is C19H24N4O2. The monoisotopic (exact) mass is 340 g/mol. The minimum absolute atomic E-state index is 0.169. The molecule has 0 unspecified atom stereocenters. The molecule has 6 heteroatoms. The van der Waals surface area contributed by atoms with E-state index in [1.165, 1.54) is 5.56 Å². The number of ether oxygens (including phenoxy) is 1. The first kappa shape index (κ1) is 17.4. The van der Waals surface area contributed by atoms with Crippen LogP contribution in [-0.2, 0) is 24.4 Å². The quantitative estimate of drug-likeness (QED) is 0.843. The van der Waals surface area contributed by atoms with Gasteiger partial charge < -0.3 is 15.4 Å². The van der Waals surface area contributed by atoms with Crippen molar-refractivity contribution < 1.29 is 9.53 Å². The van der Waals surface area contributed by atoms with E-state index in [-0.39, 0.29) is 6.03 Å². The lowest BCUT2D eigenvalue weighted by Crippen LogP contribution is -2.37.